The summed E-state index contributed by atoms with van der Waals surface area (Å²) in [5.74, 6) is 0. The van der Waals surface area contributed by atoms with Crippen molar-refractivity contribution in [3.05, 3.63) is 0 Å². The first-order valence-electron chi connectivity index (χ1n) is 11.2. The summed E-state index contributed by atoms with van der Waals surface area (Å²) >= 11 is 0. The molecule has 180 valence electrons. The van der Waals surface area contributed by atoms with Crippen molar-refractivity contribution in [2.24, 2.45) is 5.73 Å². The summed E-state index contributed by atoms with van der Waals surface area (Å²) in [7, 11) is -6.59. The Balaban J connectivity index is 6.60. The molecule has 0 spiro atoms. The van der Waals surface area contributed by atoms with Gasteiger partial charge in [0, 0.05) is 39.6 Å². The van der Waals surface area contributed by atoms with Crippen LogP contribution >= 0.6 is 0 Å². The second kappa shape index (κ2) is 15.3. The summed E-state index contributed by atoms with van der Waals surface area (Å²) in [6.07, 6.45) is 1.08. The lowest BCUT2D eigenvalue weighted by atomic mass is 10.3. The number of carbonyl (C=O) groups excluding carboxylic acids is 1. The number of amides is 2. The van der Waals surface area contributed by atoms with Gasteiger partial charge < -0.3 is 37.2 Å². The number of nitrogens with zero attached hydrogens (tertiary/aromatic N) is 1. The molecule has 0 aliphatic rings. The van der Waals surface area contributed by atoms with Crippen LogP contribution in [-0.4, -0.2) is 79.5 Å². The maximum absolute atomic E-state index is 12.9. The van der Waals surface area contributed by atoms with E-state index in [1.165, 1.54) is 0 Å². The minimum Gasteiger partial charge on any atom is -0.373 e. The van der Waals surface area contributed by atoms with Crippen molar-refractivity contribution in [3.8, 4) is 0 Å². The molecule has 0 saturated carbocycles. The first-order valence-corrected chi connectivity index (χ1v) is 14.8. The highest BCUT2D eigenvalue weighted by atomic mass is 28.4. The Labute approximate surface area is 185 Å². The molecule has 2 unspecified atom stereocenters. The molecule has 0 aliphatic heterocycles. The molecule has 0 saturated heterocycles. The molecule has 0 aromatic heterocycles. The van der Waals surface area contributed by atoms with E-state index in [-0.39, 0.29) is 0 Å². The third-order valence-electron chi connectivity index (χ3n) is 4.59. The lowest BCUT2D eigenvalue weighted by Gasteiger charge is -2.47. The second-order valence-corrected chi connectivity index (χ2v) is 11.9. The van der Waals surface area contributed by atoms with Crippen molar-refractivity contribution in [2.75, 3.05) is 39.6 Å². The van der Waals surface area contributed by atoms with Gasteiger partial charge in [-0.3, -0.25) is 0 Å². The molecule has 0 radical (unpaired) electrons. The van der Waals surface area contributed by atoms with Gasteiger partial charge in [0.15, 0.2) is 0 Å². The van der Waals surface area contributed by atoms with Crippen LogP contribution in [0.4, 0.5) is 4.79 Å². The minimum atomic E-state index is -3.30. The molecule has 0 aromatic carbocycles. The van der Waals surface area contributed by atoms with Gasteiger partial charge in [0.25, 0.3) is 0 Å². The molecule has 0 aliphatic carbocycles. The Kier molecular flexibility index (Phi) is 15.0. The summed E-state index contributed by atoms with van der Waals surface area (Å²) in [5.41, 5.74) is 4.97. The molecule has 9 nitrogen and oxygen atoms in total. The molecular weight excluding hydrogens is 424 g/mol. The standard InChI is InChI=1S/C19H44N2O7Si2/c1-9-17(29(23-11-3,24-12-4)25-13-5)21(19(20)22)18(10-2)30(26-14-6,27-15-7)28-16-8/h17-18H,9-16H2,1-8H3,(H2,20,22). The van der Waals surface area contributed by atoms with Gasteiger partial charge in [-0.05, 0) is 54.4 Å². The van der Waals surface area contributed by atoms with Crippen molar-refractivity contribution in [1.29, 1.82) is 0 Å². The number of hydrogen-bond donors (Lipinski definition) is 1. The van der Waals surface area contributed by atoms with E-state index in [0.717, 1.165) is 0 Å². The van der Waals surface area contributed by atoms with E-state index in [2.05, 4.69) is 0 Å². The zero-order chi connectivity index (χ0) is 23.2. The summed E-state index contributed by atoms with van der Waals surface area (Å²) in [6, 6.07) is -0.597. The Morgan fingerprint density at radius 3 is 1.00 bits per heavy atom. The van der Waals surface area contributed by atoms with Crippen LogP contribution in [0, 0.1) is 0 Å². The topological polar surface area (TPSA) is 102 Å². The monoisotopic (exact) mass is 468 g/mol. The van der Waals surface area contributed by atoms with Crippen molar-refractivity contribution >= 4 is 23.6 Å². The maximum atomic E-state index is 12.9. The average Bonchev–Trinajstić information content (AvgIpc) is 2.69. The zero-order valence-corrected chi connectivity index (χ0v) is 22.2. The summed E-state index contributed by atoms with van der Waals surface area (Å²) in [5, 5.41) is 0. The fourth-order valence-corrected chi connectivity index (χ4v) is 10.3. The van der Waals surface area contributed by atoms with Gasteiger partial charge in [-0.15, -0.1) is 0 Å². The number of nitrogens with two attached hydrogens (primary N) is 1. The van der Waals surface area contributed by atoms with Gasteiger partial charge in [-0.1, -0.05) is 13.8 Å². The number of hydrogen-bond acceptors (Lipinski definition) is 7. The highest BCUT2D eigenvalue weighted by molar-refractivity contribution is 6.65. The summed E-state index contributed by atoms with van der Waals surface area (Å²) in [4.78, 5) is 14.5. The third-order valence-corrected chi connectivity index (χ3v) is 11.7. The number of rotatable bonds is 18. The van der Waals surface area contributed by atoms with E-state index in [0.29, 0.717) is 52.5 Å². The van der Waals surface area contributed by atoms with Crippen molar-refractivity contribution in [3.63, 3.8) is 0 Å². The number of carbonyl (C=O) groups is 1. The van der Waals surface area contributed by atoms with Crippen LogP contribution in [0.5, 0.6) is 0 Å². The Hall–Kier alpha value is -0.536. The molecular formula is C19H44N2O7Si2. The SMILES string of the molecule is CCO[Si](OCC)(OCC)C(CC)N(C(N)=O)C(CC)[Si](OCC)(OCC)OCC. The van der Waals surface area contributed by atoms with Crippen LogP contribution in [0.25, 0.3) is 0 Å². The average molecular weight is 469 g/mol. The Morgan fingerprint density at radius 2 is 0.867 bits per heavy atom. The van der Waals surface area contributed by atoms with Crippen LogP contribution in [0.1, 0.15) is 68.2 Å². The van der Waals surface area contributed by atoms with Crippen LogP contribution < -0.4 is 5.73 Å². The molecule has 0 rings (SSSR count). The molecule has 30 heavy (non-hydrogen) atoms. The fraction of sp³-hybridized carbons (Fsp3) is 0.947. The molecule has 0 aromatic rings. The number of primary amides is 1. The molecule has 2 atom stereocenters. The Bertz CT molecular complexity index is 406. The molecule has 2 amide bonds. The predicted octanol–water partition coefficient (Wildman–Crippen LogP) is 3.10. The quantitative estimate of drug-likeness (QED) is 0.308. The first kappa shape index (κ1) is 29.5. The van der Waals surface area contributed by atoms with E-state index < -0.39 is 35.0 Å². The molecule has 0 fully saturated rings. The minimum absolute atomic E-state index is 0.400. The molecule has 0 bridgehead atoms. The highest BCUT2D eigenvalue weighted by Crippen LogP contribution is 2.30. The van der Waals surface area contributed by atoms with Gasteiger partial charge in [0.2, 0.25) is 0 Å². The van der Waals surface area contributed by atoms with Gasteiger partial charge in [0.1, 0.15) is 11.3 Å². The van der Waals surface area contributed by atoms with Gasteiger partial charge in [-0.25, -0.2) is 4.79 Å². The van der Waals surface area contributed by atoms with Crippen LogP contribution in [0.15, 0.2) is 0 Å². The largest absolute Gasteiger partial charge is 0.524 e. The van der Waals surface area contributed by atoms with E-state index in [4.69, 9.17) is 32.3 Å². The van der Waals surface area contributed by atoms with E-state index >= 15 is 0 Å². The highest BCUT2D eigenvalue weighted by Gasteiger charge is 2.60. The van der Waals surface area contributed by atoms with Crippen LogP contribution in [0.2, 0.25) is 0 Å². The van der Waals surface area contributed by atoms with Crippen LogP contribution in [-0.2, 0) is 26.6 Å². The molecule has 0 heterocycles. The number of urea groups is 1. The van der Waals surface area contributed by atoms with E-state index in [1.807, 2.05) is 55.4 Å². The Morgan fingerprint density at radius 1 is 0.633 bits per heavy atom. The first-order chi connectivity index (χ1) is 14.3. The van der Waals surface area contributed by atoms with Gasteiger partial charge >= 0.3 is 23.6 Å². The lowest BCUT2D eigenvalue weighted by Crippen LogP contribution is -2.72. The predicted molar refractivity (Wildman–Crippen MR) is 121 cm³/mol. The smallest absolute Gasteiger partial charge is 0.373 e. The fourth-order valence-electron chi connectivity index (χ4n) is 3.79. The second-order valence-electron chi connectivity index (χ2n) is 6.40. The van der Waals surface area contributed by atoms with Gasteiger partial charge in [-0.2, -0.15) is 0 Å². The summed E-state index contributed by atoms with van der Waals surface area (Å²) in [6.45, 7) is 17.7. The van der Waals surface area contributed by atoms with Crippen LogP contribution in [0.3, 0.4) is 0 Å². The third kappa shape index (κ3) is 7.26. The lowest BCUT2D eigenvalue weighted by molar-refractivity contribution is 0.0145. The molecule has 2 N–H and O–H groups in total. The van der Waals surface area contributed by atoms with Crippen molar-refractivity contribution < 1.29 is 31.4 Å². The van der Waals surface area contributed by atoms with Crippen molar-refractivity contribution in [2.45, 2.75) is 79.6 Å². The summed E-state index contributed by atoms with van der Waals surface area (Å²) < 4.78 is 36.7. The normalized spacial score (nSPS) is 14.5. The van der Waals surface area contributed by atoms with E-state index in [1.54, 1.807) is 4.90 Å². The van der Waals surface area contributed by atoms with E-state index in [9.17, 15) is 4.79 Å². The van der Waals surface area contributed by atoms with Gasteiger partial charge in [0.05, 0.1) is 0 Å². The maximum Gasteiger partial charge on any atom is 0.524 e. The van der Waals surface area contributed by atoms with Crippen molar-refractivity contribution in [1.82, 2.24) is 4.90 Å². The zero-order valence-electron chi connectivity index (χ0n) is 20.2. The molecule has 11 heteroatoms.